The van der Waals surface area contributed by atoms with Gasteiger partial charge in [0.2, 0.25) is 0 Å². The van der Waals surface area contributed by atoms with Gasteiger partial charge in [-0.05, 0) is 76.1 Å². The number of anilines is 3. The molecule has 0 N–H and O–H groups in total. The van der Waals surface area contributed by atoms with Gasteiger partial charge in [-0.25, -0.2) is 0 Å². The summed E-state index contributed by atoms with van der Waals surface area (Å²) in [4.78, 5) is 2.48. The molecular formula is C32H27N. The SMILES string of the molecule is C=Cc1ccc2c(c1)C1(CCCC1)c1cc(N3c4ccccc4Cc4ccccc43)ccc1-2. The quantitative estimate of drug-likeness (QED) is 0.274. The smallest absolute Gasteiger partial charge is 0.0497 e. The van der Waals surface area contributed by atoms with Gasteiger partial charge in [0, 0.05) is 28.9 Å². The Hall–Kier alpha value is -3.58. The molecule has 0 atom stereocenters. The Labute approximate surface area is 196 Å². The van der Waals surface area contributed by atoms with Gasteiger partial charge in [0.1, 0.15) is 0 Å². The van der Waals surface area contributed by atoms with E-state index in [1.165, 1.54) is 81.7 Å². The van der Waals surface area contributed by atoms with E-state index in [1.54, 1.807) is 0 Å². The lowest BCUT2D eigenvalue weighted by Crippen LogP contribution is -2.22. The Morgan fingerprint density at radius 1 is 0.697 bits per heavy atom. The number of rotatable bonds is 2. The minimum Gasteiger partial charge on any atom is -0.310 e. The van der Waals surface area contributed by atoms with E-state index < -0.39 is 0 Å². The molecule has 1 aliphatic heterocycles. The molecule has 0 bridgehead atoms. The molecule has 3 aliphatic rings. The largest absolute Gasteiger partial charge is 0.310 e. The number of benzene rings is 4. The van der Waals surface area contributed by atoms with Gasteiger partial charge in [0.05, 0.1) is 0 Å². The van der Waals surface area contributed by atoms with Crippen LogP contribution in [0, 0.1) is 0 Å². The van der Waals surface area contributed by atoms with Gasteiger partial charge < -0.3 is 4.90 Å². The van der Waals surface area contributed by atoms with E-state index in [0.717, 1.165) is 6.42 Å². The molecule has 1 fully saturated rings. The van der Waals surface area contributed by atoms with Crippen LogP contribution < -0.4 is 4.90 Å². The Balaban J connectivity index is 1.45. The molecule has 33 heavy (non-hydrogen) atoms. The normalized spacial score (nSPS) is 16.8. The topological polar surface area (TPSA) is 3.24 Å². The number of hydrogen-bond donors (Lipinski definition) is 0. The van der Waals surface area contributed by atoms with Gasteiger partial charge in [-0.2, -0.15) is 0 Å². The van der Waals surface area contributed by atoms with E-state index in [2.05, 4.69) is 96.4 Å². The molecule has 1 spiro atoms. The molecule has 0 unspecified atom stereocenters. The average Bonchev–Trinajstić information content (AvgIpc) is 3.47. The lowest BCUT2D eigenvalue weighted by molar-refractivity contribution is 0.550. The van der Waals surface area contributed by atoms with Crippen molar-refractivity contribution in [1.82, 2.24) is 0 Å². The highest BCUT2D eigenvalue weighted by atomic mass is 15.2. The predicted molar refractivity (Wildman–Crippen MR) is 139 cm³/mol. The average molecular weight is 426 g/mol. The van der Waals surface area contributed by atoms with Crippen molar-refractivity contribution in [3.8, 4) is 11.1 Å². The Bertz CT molecular complexity index is 1370. The fourth-order valence-corrected chi connectivity index (χ4v) is 6.65. The van der Waals surface area contributed by atoms with Crippen molar-refractivity contribution in [2.24, 2.45) is 0 Å². The third kappa shape index (κ3) is 2.60. The van der Waals surface area contributed by atoms with E-state index >= 15 is 0 Å². The summed E-state index contributed by atoms with van der Waals surface area (Å²) in [5.41, 5.74) is 13.9. The summed E-state index contributed by atoms with van der Waals surface area (Å²) in [5, 5.41) is 0. The third-order valence-corrected chi connectivity index (χ3v) is 8.17. The van der Waals surface area contributed by atoms with Gasteiger partial charge in [0.25, 0.3) is 0 Å². The molecule has 1 nitrogen and oxygen atoms in total. The molecule has 160 valence electrons. The summed E-state index contributed by atoms with van der Waals surface area (Å²) < 4.78 is 0. The fourth-order valence-electron chi connectivity index (χ4n) is 6.65. The maximum Gasteiger partial charge on any atom is 0.0497 e. The highest BCUT2D eigenvalue weighted by molar-refractivity contribution is 5.88. The second-order valence-corrected chi connectivity index (χ2v) is 9.80. The van der Waals surface area contributed by atoms with Crippen molar-refractivity contribution in [3.05, 3.63) is 119 Å². The highest BCUT2D eigenvalue weighted by Gasteiger charge is 2.45. The maximum atomic E-state index is 4.03. The standard InChI is InChI=1S/C32H27N/c1-2-22-13-15-26-27-16-14-25(21-29(27)32(28(26)19-22)17-7-8-18-32)33-30-11-5-3-9-23(30)20-24-10-4-6-12-31(24)33/h2-6,9-16,19,21H,1,7-8,17-18,20H2. The van der Waals surface area contributed by atoms with Crippen LogP contribution in [0.5, 0.6) is 0 Å². The number of nitrogens with zero attached hydrogens (tertiary/aromatic N) is 1. The molecule has 1 heteroatoms. The summed E-state index contributed by atoms with van der Waals surface area (Å²) in [5.74, 6) is 0. The predicted octanol–water partition coefficient (Wildman–Crippen LogP) is 8.54. The van der Waals surface area contributed by atoms with Crippen LogP contribution in [-0.4, -0.2) is 0 Å². The number of fused-ring (bicyclic) bond motifs is 7. The first-order valence-electron chi connectivity index (χ1n) is 12.2. The molecule has 4 aromatic carbocycles. The molecule has 1 saturated carbocycles. The molecular weight excluding hydrogens is 398 g/mol. The van der Waals surface area contributed by atoms with Crippen molar-refractivity contribution in [2.45, 2.75) is 37.5 Å². The van der Waals surface area contributed by atoms with Gasteiger partial charge in [0.15, 0.2) is 0 Å². The Kier molecular flexibility index (Phi) is 3.99. The molecule has 2 aliphatic carbocycles. The summed E-state index contributed by atoms with van der Waals surface area (Å²) >= 11 is 0. The van der Waals surface area contributed by atoms with Crippen molar-refractivity contribution < 1.29 is 0 Å². The first kappa shape index (κ1) is 18.9. The summed E-state index contributed by atoms with van der Waals surface area (Å²) in [6, 6.07) is 31.9. The van der Waals surface area contributed by atoms with E-state index in [1.807, 2.05) is 6.08 Å². The van der Waals surface area contributed by atoms with Crippen molar-refractivity contribution in [2.75, 3.05) is 4.90 Å². The van der Waals surface area contributed by atoms with Crippen molar-refractivity contribution >= 4 is 23.1 Å². The van der Waals surface area contributed by atoms with Gasteiger partial charge in [-0.3, -0.25) is 0 Å². The van der Waals surface area contributed by atoms with Gasteiger partial charge in [-0.1, -0.05) is 86.2 Å². The van der Waals surface area contributed by atoms with Crippen molar-refractivity contribution in [3.63, 3.8) is 0 Å². The second kappa shape index (κ2) is 6.96. The van der Waals surface area contributed by atoms with E-state index in [9.17, 15) is 0 Å². The minimum absolute atomic E-state index is 0.147. The summed E-state index contributed by atoms with van der Waals surface area (Å²) in [6.07, 6.45) is 8.06. The second-order valence-electron chi connectivity index (χ2n) is 9.80. The third-order valence-electron chi connectivity index (χ3n) is 8.17. The van der Waals surface area contributed by atoms with Crippen LogP contribution in [-0.2, 0) is 11.8 Å². The van der Waals surface area contributed by atoms with Crippen molar-refractivity contribution in [1.29, 1.82) is 0 Å². The van der Waals surface area contributed by atoms with Crippen LogP contribution in [0.4, 0.5) is 17.1 Å². The van der Waals surface area contributed by atoms with Crippen LogP contribution >= 0.6 is 0 Å². The van der Waals surface area contributed by atoms with Crippen LogP contribution in [0.2, 0.25) is 0 Å². The van der Waals surface area contributed by atoms with Crippen LogP contribution in [0.25, 0.3) is 17.2 Å². The molecule has 7 rings (SSSR count). The molecule has 0 amide bonds. The monoisotopic (exact) mass is 425 g/mol. The zero-order valence-corrected chi connectivity index (χ0v) is 18.9. The van der Waals surface area contributed by atoms with E-state index in [-0.39, 0.29) is 5.41 Å². The van der Waals surface area contributed by atoms with E-state index in [0.29, 0.717) is 0 Å². The Morgan fingerprint density at radius 3 is 1.97 bits per heavy atom. The summed E-state index contributed by atoms with van der Waals surface area (Å²) in [7, 11) is 0. The molecule has 4 aromatic rings. The van der Waals surface area contributed by atoms with Crippen LogP contribution in [0.1, 0.15) is 53.5 Å². The maximum absolute atomic E-state index is 4.03. The first-order valence-corrected chi connectivity index (χ1v) is 12.2. The Morgan fingerprint density at radius 2 is 1.30 bits per heavy atom. The fraction of sp³-hybridized carbons (Fsp3) is 0.188. The molecule has 0 aromatic heterocycles. The lowest BCUT2D eigenvalue weighted by atomic mass is 9.76. The minimum atomic E-state index is 0.147. The molecule has 0 saturated heterocycles. The molecule has 0 radical (unpaired) electrons. The zero-order chi connectivity index (χ0) is 22.0. The molecule has 1 heterocycles. The number of para-hydroxylation sites is 2. The zero-order valence-electron chi connectivity index (χ0n) is 18.9. The van der Waals surface area contributed by atoms with Crippen LogP contribution in [0.3, 0.4) is 0 Å². The summed E-state index contributed by atoms with van der Waals surface area (Å²) in [6.45, 7) is 4.03. The van der Waals surface area contributed by atoms with Crippen LogP contribution in [0.15, 0.2) is 91.5 Å². The van der Waals surface area contributed by atoms with Gasteiger partial charge in [-0.15, -0.1) is 0 Å². The first-order chi connectivity index (χ1) is 16.3. The number of hydrogen-bond acceptors (Lipinski definition) is 1. The van der Waals surface area contributed by atoms with Gasteiger partial charge >= 0.3 is 0 Å². The lowest BCUT2D eigenvalue weighted by Gasteiger charge is -2.34. The van der Waals surface area contributed by atoms with E-state index in [4.69, 9.17) is 0 Å². The highest BCUT2D eigenvalue weighted by Crippen LogP contribution is 2.58.